The predicted molar refractivity (Wildman–Crippen MR) is 134 cm³/mol. The number of allylic oxidation sites excluding steroid dienone is 2. The zero-order valence-corrected chi connectivity index (χ0v) is 20.8. The molecule has 9 heteroatoms. The lowest BCUT2D eigenvalue weighted by atomic mass is 10.1. The van der Waals surface area contributed by atoms with Crippen molar-refractivity contribution in [1.29, 1.82) is 0 Å². The van der Waals surface area contributed by atoms with Gasteiger partial charge < -0.3 is 14.1 Å². The number of anilines is 1. The number of para-hydroxylation sites is 2. The first-order valence-electron chi connectivity index (χ1n) is 11.3. The lowest BCUT2D eigenvalue weighted by Crippen LogP contribution is -2.35. The molecule has 4 rings (SSSR count). The van der Waals surface area contributed by atoms with Crippen LogP contribution >= 0.6 is 11.6 Å². The standard InChI is InChI=1S/C25H27ClN2O5S/c1-3-18(15-24-27(4-2)21-17-19(26)11-12-23(21)33-24)16-25-28(13-7-8-14-34(29,30)31)20-9-5-6-10-22(20)32-25/h5-6,9-12,15-17H,3-4,7-8,13-14H2,1-2H3/p+1. The molecule has 3 aromatic rings. The normalized spacial score (nSPS) is 15.2. The van der Waals surface area contributed by atoms with Gasteiger partial charge in [0.25, 0.3) is 15.6 Å². The van der Waals surface area contributed by atoms with Crippen molar-refractivity contribution in [2.75, 3.05) is 17.2 Å². The van der Waals surface area contributed by atoms with Crippen LogP contribution in [0.15, 0.2) is 64.4 Å². The fourth-order valence-corrected chi connectivity index (χ4v) is 4.75. The smallest absolute Gasteiger partial charge is 0.374 e. The van der Waals surface area contributed by atoms with Crippen LogP contribution in [0.3, 0.4) is 0 Å². The molecule has 1 aliphatic rings. The summed E-state index contributed by atoms with van der Waals surface area (Å²) in [6, 6.07) is 13.3. The number of halogens is 1. The van der Waals surface area contributed by atoms with Gasteiger partial charge in [0.05, 0.1) is 17.5 Å². The molecule has 0 saturated heterocycles. The molecule has 2 aromatic carbocycles. The van der Waals surface area contributed by atoms with Gasteiger partial charge >= 0.3 is 5.89 Å². The lowest BCUT2D eigenvalue weighted by molar-refractivity contribution is -0.678. The first-order chi connectivity index (χ1) is 16.3. The molecule has 1 aromatic heterocycles. The molecule has 0 spiro atoms. The summed E-state index contributed by atoms with van der Waals surface area (Å²) in [5, 5.41) is 0.658. The van der Waals surface area contributed by atoms with Gasteiger partial charge in [-0.25, -0.2) is 0 Å². The monoisotopic (exact) mass is 503 g/mol. The Hall–Kier alpha value is -2.81. The van der Waals surface area contributed by atoms with Crippen molar-refractivity contribution >= 4 is 44.6 Å². The summed E-state index contributed by atoms with van der Waals surface area (Å²) in [4.78, 5) is 2.08. The van der Waals surface area contributed by atoms with Crippen molar-refractivity contribution in [3.63, 3.8) is 0 Å². The molecule has 34 heavy (non-hydrogen) atoms. The predicted octanol–water partition coefficient (Wildman–Crippen LogP) is 5.60. The van der Waals surface area contributed by atoms with Gasteiger partial charge in [-0.3, -0.25) is 4.55 Å². The molecule has 0 aliphatic carbocycles. The van der Waals surface area contributed by atoms with Crippen LogP contribution in [0.4, 0.5) is 5.69 Å². The van der Waals surface area contributed by atoms with Crippen molar-refractivity contribution in [3.8, 4) is 5.75 Å². The number of rotatable bonds is 9. The first kappa shape index (κ1) is 24.3. The molecule has 1 N–H and O–H groups in total. The summed E-state index contributed by atoms with van der Waals surface area (Å²) < 4.78 is 45.4. The van der Waals surface area contributed by atoms with Crippen LogP contribution in [0, 0.1) is 0 Å². The van der Waals surface area contributed by atoms with Crippen molar-refractivity contribution in [2.24, 2.45) is 0 Å². The number of nitrogens with zero attached hydrogens (tertiary/aromatic N) is 2. The Morgan fingerprint density at radius 3 is 2.71 bits per heavy atom. The number of aromatic nitrogens is 1. The van der Waals surface area contributed by atoms with Crippen LogP contribution in [-0.2, 0) is 16.7 Å². The summed E-state index contributed by atoms with van der Waals surface area (Å²) in [5.74, 6) is 1.91. The Labute approximate surface area is 204 Å². The summed E-state index contributed by atoms with van der Waals surface area (Å²) in [7, 11) is -3.97. The second-order valence-electron chi connectivity index (χ2n) is 8.07. The number of unbranched alkanes of at least 4 members (excludes halogenated alkanes) is 1. The van der Waals surface area contributed by atoms with Crippen molar-refractivity contribution in [2.45, 2.75) is 39.7 Å². The maximum Gasteiger partial charge on any atom is 0.374 e. The molecule has 0 radical (unpaired) electrons. The fraction of sp³-hybridized carbons (Fsp3) is 0.320. The molecule has 0 unspecified atom stereocenters. The van der Waals surface area contributed by atoms with Crippen molar-refractivity contribution < 1.29 is 26.7 Å². The summed E-state index contributed by atoms with van der Waals surface area (Å²) in [5.41, 5.74) is 3.63. The van der Waals surface area contributed by atoms with Gasteiger partial charge in [0.2, 0.25) is 11.5 Å². The Morgan fingerprint density at radius 1 is 1.18 bits per heavy atom. The third-order valence-corrected chi connectivity index (χ3v) is 6.74. The van der Waals surface area contributed by atoms with E-state index in [0.29, 0.717) is 30.3 Å². The van der Waals surface area contributed by atoms with Crippen molar-refractivity contribution in [3.05, 3.63) is 70.9 Å². The van der Waals surface area contributed by atoms with Gasteiger partial charge in [-0.2, -0.15) is 13.0 Å². The number of benzene rings is 2. The molecule has 0 fully saturated rings. The van der Waals surface area contributed by atoms with Crippen molar-refractivity contribution in [1.82, 2.24) is 0 Å². The number of fused-ring (bicyclic) bond motifs is 2. The maximum absolute atomic E-state index is 11.1. The molecule has 2 heterocycles. The highest BCUT2D eigenvalue weighted by Gasteiger charge is 2.26. The molecule has 1 aliphatic heterocycles. The Balaban J connectivity index is 1.65. The lowest BCUT2D eigenvalue weighted by Gasteiger charge is -2.16. The van der Waals surface area contributed by atoms with Crippen LogP contribution in [-0.4, -0.2) is 25.3 Å². The van der Waals surface area contributed by atoms with Gasteiger partial charge in [-0.1, -0.05) is 30.7 Å². The van der Waals surface area contributed by atoms with Crippen LogP contribution in [0.5, 0.6) is 5.75 Å². The van der Waals surface area contributed by atoms with Crippen LogP contribution in [0.1, 0.15) is 39.0 Å². The average Bonchev–Trinajstić information content (AvgIpc) is 3.32. The van der Waals surface area contributed by atoms with E-state index in [2.05, 4.69) is 18.7 Å². The van der Waals surface area contributed by atoms with E-state index in [9.17, 15) is 8.42 Å². The molecule has 0 amide bonds. The largest absolute Gasteiger partial charge is 0.439 e. The Morgan fingerprint density at radius 2 is 1.97 bits per heavy atom. The highest BCUT2D eigenvalue weighted by atomic mass is 35.5. The van der Waals surface area contributed by atoms with Gasteiger partial charge in [0.1, 0.15) is 0 Å². The first-order valence-corrected chi connectivity index (χ1v) is 13.3. The second kappa shape index (κ2) is 10.2. The number of aryl methyl sites for hydroxylation is 1. The zero-order valence-electron chi connectivity index (χ0n) is 19.2. The maximum atomic E-state index is 11.1. The zero-order chi connectivity index (χ0) is 24.3. The van der Waals surface area contributed by atoms with Gasteiger partial charge in [-0.05, 0) is 49.6 Å². The van der Waals surface area contributed by atoms with E-state index in [4.69, 9.17) is 25.3 Å². The number of hydrogen-bond donors (Lipinski definition) is 1. The van der Waals surface area contributed by atoms with E-state index in [1.165, 1.54) is 0 Å². The highest BCUT2D eigenvalue weighted by molar-refractivity contribution is 7.85. The molecular weight excluding hydrogens is 476 g/mol. The van der Waals surface area contributed by atoms with E-state index in [1.807, 2.05) is 59.2 Å². The van der Waals surface area contributed by atoms with E-state index in [0.717, 1.165) is 47.0 Å². The number of ether oxygens (including phenoxy) is 1. The van der Waals surface area contributed by atoms with E-state index in [1.54, 1.807) is 0 Å². The SMILES string of the molecule is CCC(/C=C1\Oc2ccc(Cl)cc2N1CC)=C\c1oc2ccccc2[n+]1CCCCS(=O)(=O)O. The highest BCUT2D eigenvalue weighted by Crippen LogP contribution is 2.40. The van der Waals surface area contributed by atoms with E-state index >= 15 is 0 Å². The number of oxazole rings is 1. The fourth-order valence-electron chi connectivity index (χ4n) is 4.02. The minimum Gasteiger partial charge on any atom is -0.439 e. The van der Waals surface area contributed by atoms with Crippen LogP contribution in [0.25, 0.3) is 17.2 Å². The van der Waals surface area contributed by atoms with Gasteiger partial charge in [-0.15, -0.1) is 0 Å². The van der Waals surface area contributed by atoms with E-state index < -0.39 is 10.1 Å². The summed E-state index contributed by atoms with van der Waals surface area (Å²) >= 11 is 6.19. The molecule has 180 valence electrons. The van der Waals surface area contributed by atoms with Crippen LogP contribution in [0.2, 0.25) is 5.02 Å². The average molecular weight is 504 g/mol. The van der Waals surface area contributed by atoms with E-state index in [-0.39, 0.29) is 5.75 Å². The number of hydrogen-bond acceptors (Lipinski definition) is 5. The topological polar surface area (TPSA) is 83.9 Å². The summed E-state index contributed by atoms with van der Waals surface area (Å²) in [6.45, 7) is 5.42. The minimum atomic E-state index is -3.97. The summed E-state index contributed by atoms with van der Waals surface area (Å²) in [6.07, 6.45) is 5.69. The third-order valence-electron chi connectivity index (χ3n) is 5.71. The molecule has 0 saturated carbocycles. The quantitative estimate of drug-likeness (QED) is 0.232. The second-order valence-corrected chi connectivity index (χ2v) is 10.1. The minimum absolute atomic E-state index is 0.254. The molecule has 7 nitrogen and oxygen atoms in total. The molecular formula is C25H28ClN2O5S+. The van der Waals surface area contributed by atoms with Crippen LogP contribution < -0.4 is 14.2 Å². The van der Waals surface area contributed by atoms with Gasteiger partial charge in [0, 0.05) is 30.1 Å². The third kappa shape index (κ3) is 5.46. The molecule has 0 atom stereocenters. The Bertz CT molecular complexity index is 1360. The molecule has 0 bridgehead atoms. The van der Waals surface area contributed by atoms with Gasteiger partial charge in [0.15, 0.2) is 12.3 Å². The Kier molecular flexibility index (Phi) is 7.30.